The minimum atomic E-state index is -0.857. The van der Waals surface area contributed by atoms with E-state index in [0.717, 1.165) is 18.2 Å². The largest absolute Gasteiger partial charge is 0.497 e. The third-order valence-electron chi connectivity index (χ3n) is 2.57. The molecule has 94 valence electrons. The van der Waals surface area contributed by atoms with Gasteiger partial charge in [-0.25, -0.2) is 13.2 Å². The fourth-order valence-electron chi connectivity index (χ4n) is 1.68. The monoisotopic (exact) mass is 253 g/mol. The van der Waals surface area contributed by atoms with Crippen molar-refractivity contribution in [2.24, 2.45) is 0 Å². The van der Waals surface area contributed by atoms with Crippen LogP contribution in [0.1, 0.15) is 0 Å². The van der Waals surface area contributed by atoms with E-state index in [1.54, 1.807) is 0 Å². The molecule has 2 aromatic rings. The van der Waals surface area contributed by atoms with Gasteiger partial charge in [-0.1, -0.05) is 12.1 Å². The molecule has 0 atom stereocenters. The van der Waals surface area contributed by atoms with E-state index in [0.29, 0.717) is 0 Å². The molecular formula is C13H10F3NO. The second-order valence-electron chi connectivity index (χ2n) is 3.67. The van der Waals surface area contributed by atoms with Gasteiger partial charge in [0.25, 0.3) is 0 Å². The van der Waals surface area contributed by atoms with E-state index in [-0.39, 0.29) is 22.6 Å². The third kappa shape index (κ3) is 1.99. The van der Waals surface area contributed by atoms with E-state index in [4.69, 9.17) is 10.5 Å². The van der Waals surface area contributed by atoms with Crippen LogP contribution in [-0.4, -0.2) is 7.11 Å². The molecule has 0 unspecified atom stereocenters. The smallest absolute Gasteiger partial charge is 0.146 e. The lowest BCUT2D eigenvalue weighted by Gasteiger charge is -2.10. The van der Waals surface area contributed by atoms with Crippen LogP contribution < -0.4 is 10.5 Å². The van der Waals surface area contributed by atoms with E-state index in [1.165, 1.54) is 19.2 Å². The lowest BCUT2D eigenvalue weighted by Crippen LogP contribution is -1.99. The molecule has 0 fully saturated rings. The summed E-state index contributed by atoms with van der Waals surface area (Å²) in [7, 11) is 1.30. The fourth-order valence-corrected chi connectivity index (χ4v) is 1.68. The van der Waals surface area contributed by atoms with Crippen LogP contribution in [0.2, 0.25) is 0 Å². The Labute approximate surface area is 102 Å². The molecule has 0 aliphatic heterocycles. The average Bonchev–Trinajstić information content (AvgIpc) is 2.33. The predicted molar refractivity (Wildman–Crippen MR) is 62.7 cm³/mol. The molecule has 18 heavy (non-hydrogen) atoms. The van der Waals surface area contributed by atoms with Gasteiger partial charge >= 0.3 is 0 Å². The van der Waals surface area contributed by atoms with Gasteiger partial charge in [-0.3, -0.25) is 0 Å². The summed E-state index contributed by atoms with van der Waals surface area (Å²) in [6.07, 6.45) is 0. The molecule has 0 heterocycles. The van der Waals surface area contributed by atoms with Gasteiger partial charge < -0.3 is 10.5 Å². The maximum Gasteiger partial charge on any atom is 0.146 e. The molecule has 5 heteroatoms. The quantitative estimate of drug-likeness (QED) is 0.833. The van der Waals surface area contributed by atoms with Gasteiger partial charge in [-0.15, -0.1) is 0 Å². The highest BCUT2D eigenvalue weighted by Gasteiger charge is 2.17. The van der Waals surface area contributed by atoms with Gasteiger partial charge in [0, 0.05) is 17.7 Å². The molecule has 0 spiro atoms. The molecular weight excluding hydrogens is 243 g/mol. The first-order chi connectivity index (χ1) is 8.54. The van der Waals surface area contributed by atoms with E-state index < -0.39 is 17.5 Å². The standard InChI is InChI=1S/C13H10F3NO/c1-18-7-5-10(15)12(11(16)6-7)8-3-2-4-9(14)13(8)17/h2-6H,17H2,1H3. The van der Waals surface area contributed by atoms with E-state index in [1.807, 2.05) is 0 Å². The number of hydrogen-bond donors (Lipinski definition) is 1. The summed E-state index contributed by atoms with van der Waals surface area (Å²) >= 11 is 0. The van der Waals surface area contributed by atoms with Crippen LogP contribution in [0.3, 0.4) is 0 Å². The van der Waals surface area contributed by atoms with Crippen LogP contribution in [0.15, 0.2) is 30.3 Å². The fraction of sp³-hybridized carbons (Fsp3) is 0.0769. The molecule has 0 saturated heterocycles. The molecule has 2 nitrogen and oxygen atoms in total. The SMILES string of the molecule is COc1cc(F)c(-c2cccc(F)c2N)c(F)c1. The highest BCUT2D eigenvalue weighted by Crippen LogP contribution is 2.34. The normalized spacial score (nSPS) is 10.4. The number of ether oxygens (including phenoxy) is 1. The van der Waals surface area contributed by atoms with Crippen molar-refractivity contribution in [1.82, 2.24) is 0 Å². The van der Waals surface area contributed by atoms with Crippen molar-refractivity contribution in [3.8, 4) is 16.9 Å². The molecule has 0 saturated carbocycles. The van der Waals surface area contributed by atoms with Crippen molar-refractivity contribution in [2.75, 3.05) is 12.8 Å². The summed E-state index contributed by atoms with van der Waals surface area (Å²) in [6, 6.07) is 5.85. The molecule has 0 bridgehead atoms. The van der Waals surface area contributed by atoms with Gasteiger partial charge in [0.2, 0.25) is 0 Å². The molecule has 2 rings (SSSR count). The Morgan fingerprint density at radius 3 is 2.17 bits per heavy atom. The van der Waals surface area contributed by atoms with Crippen LogP contribution in [0.5, 0.6) is 5.75 Å². The Bertz CT molecular complexity index is 576. The van der Waals surface area contributed by atoms with Crippen LogP contribution in [0.25, 0.3) is 11.1 Å². The lowest BCUT2D eigenvalue weighted by molar-refractivity contribution is 0.407. The first kappa shape index (κ1) is 12.3. The van der Waals surface area contributed by atoms with Crippen molar-refractivity contribution in [3.05, 3.63) is 47.8 Å². The zero-order valence-electron chi connectivity index (χ0n) is 9.51. The summed E-state index contributed by atoms with van der Waals surface area (Å²) in [5.74, 6) is -2.39. The Balaban J connectivity index is 2.68. The Morgan fingerprint density at radius 2 is 1.61 bits per heavy atom. The van der Waals surface area contributed by atoms with Gasteiger partial charge in [-0.05, 0) is 6.07 Å². The Hall–Kier alpha value is -2.17. The molecule has 0 radical (unpaired) electrons. The first-order valence-corrected chi connectivity index (χ1v) is 5.12. The van der Waals surface area contributed by atoms with Crippen LogP contribution >= 0.6 is 0 Å². The first-order valence-electron chi connectivity index (χ1n) is 5.12. The molecule has 0 aromatic heterocycles. The number of rotatable bonds is 2. The van der Waals surface area contributed by atoms with Crippen molar-refractivity contribution in [2.45, 2.75) is 0 Å². The number of halogens is 3. The average molecular weight is 253 g/mol. The van der Waals surface area contributed by atoms with Crippen LogP contribution in [0, 0.1) is 17.5 Å². The third-order valence-corrected chi connectivity index (χ3v) is 2.57. The Morgan fingerprint density at radius 1 is 1.00 bits per heavy atom. The minimum absolute atomic E-state index is 0.0207. The summed E-state index contributed by atoms with van der Waals surface area (Å²) < 4.78 is 45.6. The number of nitrogen functional groups attached to an aromatic ring is 1. The lowest BCUT2D eigenvalue weighted by atomic mass is 10.0. The number of nitrogens with two attached hydrogens (primary N) is 1. The van der Waals surface area contributed by atoms with Crippen LogP contribution in [-0.2, 0) is 0 Å². The highest BCUT2D eigenvalue weighted by molar-refractivity contribution is 5.77. The number of anilines is 1. The van der Waals surface area contributed by atoms with Gasteiger partial charge in [0.05, 0.1) is 18.4 Å². The van der Waals surface area contributed by atoms with Crippen molar-refractivity contribution >= 4 is 5.69 Å². The van der Waals surface area contributed by atoms with E-state index in [9.17, 15) is 13.2 Å². The van der Waals surface area contributed by atoms with Gasteiger partial charge in [0.1, 0.15) is 23.2 Å². The minimum Gasteiger partial charge on any atom is -0.497 e. The zero-order valence-corrected chi connectivity index (χ0v) is 9.51. The number of methoxy groups -OCH3 is 1. The van der Waals surface area contributed by atoms with Gasteiger partial charge in [0.15, 0.2) is 0 Å². The highest BCUT2D eigenvalue weighted by atomic mass is 19.1. The Kier molecular flexibility index (Phi) is 3.14. The second kappa shape index (κ2) is 4.60. The van der Waals surface area contributed by atoms with E-state index >= 15 is 0 Å². The predicted octanol–water partition coefficient (Wildman–Crippen LogP) is 3.36. The van der Waals surface area contributed by atoms with Crippen molar-refractivity contribution < 1.29 is 17.9 Å². The molecule has 0 aliphatic carbocycles. The molecule has 0 aliphatic rings. The van der Waals surface area contributed by atoms with Crippen molar-refractivity contribution in [3.63, 3.8) is 0 Å². The number of benzene rings is 2. The molecule has 2 aromatic carbocycles. The maximum absolute atomic E-state index is 13.8. The van der Waals surface area contributed by atoms with Crippen molar-refractivity contribution in [1.29, 1.82) is 0 Å². The summed E-state index contributed by atoms with van der Waals surface area (Å²) in [5, 5.41) is 0. The second-order valence-corrected chi connectivity index (χ2v) is 3.67. The molecule has 0 amide bonds. The maximum atomic E-state index is 13.8. The number of hydrogen-bond acceptors (Lipinski definition) is 2. The van der Waals surface area contributed by atoms with E-state index in [2.05, 4.69) is 0 Å². The van der Waals surface area contributed by atoms with Gasteiger partial charge in [-0.2, -0.15) is 0 Å². The topological polar surface area (TPSA) is 35.2 Å². The summed E-state index contributed by atoms with van der Waals surface area (Å²) in [6.45, 7) is 0. The molecule has 2 N–H and O–H groups in total. The zero-order chi connectivity index (χ0) is 13.3. The number of para-hydroxylation sites is 1. The summed E-state index contributed by atoms with van der Waals surface area (Å²) in [4.78, 5) is 0. The summed E-state index contributed by atoms with van der Waals surface area (Å²) in [5.41, 5.74) is 4.80. The van der Waals surface area contributed by atoms with Crippen LogP contribution in [0.4, 0.5) is 18.9 Å².